The second-order valence-electron chi connectivity index (χ2n) is 4.09. The van der Waals surface area contributed by atoms with E-state index in [1.807, 2.05) is 6.92 Å². The number of rotatable bonds is 2. The molecule has 0 bridgehead atoms. The molecule has 1 aromatic rings. The Labute approximate surface area is 87.1 Å². The second-order valence-corrected chi connectivity index (χ2v) is 4.09. The van der Waals surface area contributed by atoms with Gasteiger partial charge in [0, 0.05) is 0 Å². The first kappa shape index (κ1) is 10.5. The maximum atomic E-state index is 12.9. The van der Waals surface area contributed by atoms with Crippen LogP contribution in [-0.2, 0) is 11.8 Å². The van der Waals surface area contributed by atoms with E-state index in [0.29, 0.717) is 12.0 Å². The van der Waals surface area contributed by atoms with Gasteiger partial charge in [-0.3, -0.25) is 0 Å². The van der Waals surface area contributed by atoms with Crippen LogP contribution in [0.25, 0.3) is 0 Å². The maximum absolute atomic E-state index is 12.9. The number of aryl methyl sites for hydroxylation is 1. The van der Waals surface area contributed by atoms with Crippen LogP contribution in [0.15, 0.2) is 24.3 Å². The van der Waals surface area contributed by atoms with Crippen LogP contribution in [0.3, 0.4) is 0 Å². The van der Waals surface area contributed by atoms with Crippen molar-refractivity contribution in [2.24, 2.45) is 0 Å². The highest BCUT2D eigenvalue weighted by molar-refractivity contribution is 5.40. The van der Waals surface area contributed by atoms with Gasteiger partial charge in [-0.25, -0.2) is 0 Å². The molecule has 1 fully saturated rings. The standard InChI is InChI=1S/C12H13F3/c1-2-9-5-3-4-6-10(9)11(7-8-11)12(13,14)15/h3-6H,2,7-8H2,1H3. The van der Waals surface area contributed by atoms with Gasteiger partial charge in [0.1, 0.15) is 0 Å². The Hall–Kier alpha value is -0.990. The Morgan fingerprint density at radius 1 is 1.20 bits per heavy atom. The lowest BCUT2D eigenvalue weighted by atomic mass is 9.90. The number of hydrogen-bond acceptors (Lipinski definition) is 0. The van der Waals surface area contributed by atoms with Crippen molar-refractivity contribution in [3.05, 3.63) is 35.4 Å². The molecular formula is C12H13F3. The molecule has 15 heavy (non-hydrogen) atoms. The van der Waals surface area contributed by atoms with Gasteiger partial charge in [0.15, 0.2) is 0 Å². The van der Waals surface area contributed by atoms with Gasteiger partial charge in [0.2, 0.25) is 0 Å². The molecule has 0 unspecified atom stereocenters. The van der Waals surface area contributed by atoms with Crippen LogP contribution in [-0.4, -0.2) is 6.18 Å². The normalized spacial score (nSPS) is 18.9. The summed E-state index contributed by atoms with van der Waals surface area (Å²) in [5.74, 6) is 0. The Morgan fingerprint density at radius 3 is 2.27 bits per heavy atom. The van der Waals surface area contributed by atoms with Gasteiger partial charge in [-0.2, -0.15) is 13.2 Å². The molecule has 0 amide bonds. The van der Waals surface area contributed by atoms with Crippen LogP contribution < -0.4 is 0 Å². The molecule has 1 saturated carbocycles. The summed E-state index contributed by atoms with van der Waals surface area (Å²) in [6, 6.07) is 6.91. The van der Waals surface area contributed by atoms with Crippen molar-refractivity contribution in [2.75, 3.05) is 0 Å². The fourth-order valence-corrected chi connectivity index (χ4v) is 2.13. The van der Waals surface area contributed by atoms with E-state index in [1.54, 1.807) is 24.3 Å². The van der Waals surface area contributed by atoms with E-state index in [1.165, 1.54) is 0 Å². The first-order valence-corrected chi connectivity index (χ1v) is 5.16. The molecule has 0 spiro atoms. The van der Waals surface area contributed by atoms with E-state index in [2.05, 4.69) is 0 Å². The second kappa shape index (κ2) is 3.26. The molecule has 0 aliphatic heterocycles. The topological polar surface area (TPSA) is 0 Å². The van der Waals surface area contributed by atoms with Gasteiger partial charge in [-0.05, 0) is 30.4 Å². The number of hydrogen-bond donors (Lipinski definition) is 0. The molecule has 82 valence electrons. The summed E-state index contributed by atoms with van der Waals surface area (Å²) in [4.78, 5) is 0. The van der Waals surface area contributed by atoms with Gasteiger partial charge in [0.25, 0.3) is 0 Å². The number of halogens is 3. The highest BCUT2D eigenvalue weighted by Gasteiger charge is 2.64. The summed E-state index contributed by atoms with van der Waals surface area (Å²) < 4.78 is 38.7. The van der Waals surface area contributed by atoms with E-state index >= 15 is 0 Å². The minimum atomic E-state index is -4.10. The van der Waals surface area contributed by atoms with Crippen LogP contribution in [0.4, 0.5) is 13.2 Å². The van der Waals surface area contributed by atoms with E-state index in [9.17, 15) is 13.2 Å². The van der Waals surface area contributed by atoms with E-state index in [-0.39, 0.29) is 12.8 Å². The third kappa shape index (κ3) is 1.54. The Morgan fingerprint density at radius 2 is 1.80 bits per heavy atom. The van der Waals surface area contributed by atoms with Crippen molar-refractivity contribution in [3.8, 4) is 0 Å². The van der Waals surface area contributed by atoms with Crippen LogP contribution in [0.5, 0.6) is 0 Å². The maximum Gasteiger partial charge on any atom is 0.398 e. The fraction of sp³-hybridized carbons (Fsp3) is 0.500. The summed E-state index contributed by atoms with van der Waals surface area (Å²) in [5.41, 5.74) is -0.216. The lowest BCUT2D eigenvalue weighted by Crippen LogP contribution is -2.29. The molecular weight excluding hydrogens is 201 g/mol. The first-order chi connectivity index (χ1) is 7.01. The molecule has 1 aromatic carbocycles. The monoisotopic (exact) mass is 214 g/mol. The molecule has 1 aliphatic carbocycles. The van der Waals surface area contributed by atoms with Crippen molar-refractivity contribution >= 4 is 0 Å². The molecule has 2 rings (SSSR count). The van der Waals surface area contributed by atoms with Gasteiger partial charge in [-0.15, -0.1) is 0 Å². The zero-order chi connectivity index (χ0) is 11.1. The fourth-order valence-electron chi connectivity index (χ4n) is 2.13. The molecule has 3 heteroatoms. The van der Waals surface area contributed by atoms with E-state index < -0.39 is 11.6 Å². The van der Waals surface area contributed by atoms with Crippen molar-refractivity contribution in [1.29, 1.82) is 0 Å². The minimum Gasteiger partial charge on any atom is -0.170 e. The summed E-state index contributed by atoms with van der Waals surface area (Å²) >= 11 is 0. The summed E-state index contributed by atoms with van der Waals surface area (Å²) in [7, 11) is 0. The summed E-state index contributed by atoms with van der Waals surface area (Å²) in [6.07, 6.45) is -2.95. The van der Waals surface area contributed by atoms with Gasteiger partial charge in [-0.1, -0.05) is 31.2 Å². The highest BCUT2D eigenvalue weighted by Crippen LogP contribution is 2.59. The summed E-state index contributed by atoms with van der Waals surface area (Å²) in [6.45, 7) is 1.89. The molecule has 0 N–H and O–H groups in total. The van der Waals surface area contributed by atoms with Crippen LogP contribution in [0.2, 0.25) is 0 Å². The predicted octanol–water partition coefficient (Wildman–Crippen LogP) is 3.84. The quantitative estimate of drug-likeness (QED) is 0.701. The number of benzene rings is 1. The van der Waals surface area contributed by atoms with Crippen molar-refractivity contribution in [1.82, 2.24) is 0 Å². The van der Waals surface area contributed by atoms with Crippen molar-refractivity contribution < 1.29 is 13.2 Å². The smallest absolute Gasteiger partial charge is 0.170 e. The Kier molecular flexibility index (Phi) is 2.28. The average Bonchev–Trinajstić information content (AvgIpc) is 2.97. The molecule has 0 heterocycles. The lowest BCUT2D eigenvalue weighted by molar-refractivity contribution is -0.160. The Bertz CT molecular complexity index is 361. The number of alkyl halides is 3. The molecule has 0 radical (unpaired) electrons. The zero-order valence-corrected chi connectivity index (χ0v) is 8.56. The SMILES string of the molecule is CCc1ccccc1C1(C(F)(F)F)CC1. The average molecular weight is 214 g/mol. The van der Waals surface area contributed by atoms with Gasteiger partial charge >= 0.3 is 6.18 Å². The lowest BCUT2D eigenvalue weighted by Gasteiger charge is -2.22. The molecule has 0 aromatic heterocycles. The third-order valence-electron chi connectivity index (χ3n) is 3.21. The molecule has 1 aliphatic rings. The van der Waals surface area contributed by atoms with Crippen LogP contribution in [0, 0.1) is 0 Å². The predicted molar refractivity (Wildman–Crippen MR) is 52.8 cm³/mol. The van der Waals surface area contributed by atoms with E-state index in [4.69, 9.17) is 0 Å². The zero-order valence-electron chi connectivity index (χ0n) is 8.56. The van der Waals surface area contributed by atoms with Gasteiger partial charge < -0.3 is 0 Å². The third-order valence-corrected chi connectivity index (χ3v) is 3.21. The largest absolute Gasteiger partial charge is 0.398 e. The molecule has 0 atom stereocenters. The molecule has 0 nitrogen and oxygen atoms in total. The van der Waals surface area contributed by atoms with Crippen LogP contribution >= 0.6 is 0 Å². The summed E-state index contributed by atoms with van der Waals surface area (Å²) in [5, 5.41) is 0. The molecule has 0 saturated heterocycles. The van der Waals surface area contributed by atoms with Crippen molar-refractivity contribution in [2.45, 2.75) is 37.8 Å². The van der Waals surface area contributed by atoms with E-state index in [0.717, 1.165) is 5.56 Å². The first-order valence-electron chi connectivity index (χ1n) is 5.16. The van der Waals surface area contributed by atoms with Crippen LogP contribution in [0.1, 0.15) is 30.9 Å². The Balaban J connectivity index is 2.46. The minimum absolute atomic E-state index is 0.244. The van der Waals surface area contributed by atoms with Gasteiger partial charge in [0.05, 0.1) is 5.41 Å². The highest BCUT2D eigenvalue weighted by atomic mass is 19.4. The van der Waals surface area contributed by atoms with Crippen molar-refractivity contribution in [3.63, 3.8) is 0 Å².